The fourth-order valence-electron chi connectivity index (χ4n) is 9.87. The van der Waals surface area contributed by atoms with Crippen molar-refractivity contribution in [2.24, 2.45) is 0 Å². The van der Waals surface area contributed by atoms with Crippen molar-refractivity contribution in [2.45, 2.75) is 19.3 Å². The van der Waals surface area contributed by atoms with Gasteiger partial charge in [0.15, 0.2) is 5.82 Å². The summed E-state index contributed by atoms with van der Waals surface area (Å²) in [4.78, 5) is 10.8. The maximum absolute atomic E-state index is 5.42. The van der Waals surface area contributed by atoms with E-state index in [-0.39, 0.29) is 5.41 Å². The van der Waals surface area contributed by atoms with E-state index >= 15 is 0 Å². The Morgan fingerprint density at radius 1 is 0.407 bits per heavy atom. The van der Waals surface area contributed by atoms with E-state index in [1.807, 2.05) is 6.07 Å². The van der Waals surface area contributed by atoms with Gasteiger partial charge in [0.25, 0.3) is 0 Å². The number of fused-ring (bicyclic) bond motifs is 10. The molecule has 0 N–H and O–H groups in total. The zero-order chi connectivity index (χ0) is 39.2. The van der Waals surface area contributed by atoms with Crippen LogP contribution in [0.1, 0.15) is 25.0 Å². The second-order valence-corrected chi connectivity index (χ2v) is 16.2. The van der Waals surface area contributed by atoms with Crippen LogP contribution in [-0.2, 0) is 5.41 Å². The van der Waals surface area contributed by atoms with Crippen LogP contribution in [0.5, 0.6) is 0 Å². The predicted octanol–water partition coefficient (Wildman–Crippen LogP) is 14.0. The molecule has 59 heavy (non-hydrogen) atoms. The Hall–Kier alpha value is -7.56. The van der Waals surface area contributed by atoms with Gasteiger partial charge in [0.1, 0.15) is 5.82 Å². The molecule has 0 saturated heterocycles. The van der Waals surface area contributed by atoms with E-state index in [0.29, 0.717) is 5.82 Å². The van der Waals surface area contributed by atoms with Crippen LogP contribution in [0.2, 0.25) is 0 Å². The molecular weight excluding hydrogens is 717 g/mol. The van der Waals surface area contributed by atoms with Crippen LogP contribution >= 0.6 is 0 Å². The molecule has 3 aromatic heterocycles. The van der Waals surface area contributed by atoms with Crippen molar-refractivity contribution < 1.29 is 0 Å². The Labute approximate surface area is 342 Å². The third kappa shape index (κ3) is 4.96. The summed E-state index contributed by atoms with van der Waals surface area (Å²) in [5, 5.41) is 4.85. The Balaban J connectivity index is 1.14. The first-order chi connectivity index (χ1) is 29.0. The third-order valence-corrected chi connectivity index (χ3v) is 12.5. The molecule has 4 heteroatoms. The monoisotopic (exact) mass is 754 g/mol. The molecular formula is C55H38N4. The molecule has 3 heterocycles. The summed E-state index contributed by atoms with van der Waals surface area (Å²) in [7, 11) is 0. The smallest absolute Gasteiger partial charge is 0.162 e. The molecule has 1 aliphatic carbocycles. The number of benzene rings is 8. The van der Waals surface area contributed by atoms with Crippen molar-refractivity contribution in [3.63, 3.8) is 0 Å². The van der Waals surface area contributed by atoms with E-state index in [2.05, 4.69) is 211 Å². The Morgan fingerprint density at radius 3 is 1.71 bits per heavy atom. The molecule has 11 aromatic rings. The molecule has 0 fully saturated rings. The SMILES string of the molecule is CC1(C)c2ccccc2-c2c(-c3cc(-n4c5ccccc5c5c6c7ccccc7n(-c7cccc(-c8ccccc8)c7)c6ccc54)nc(-c4ccccc4)n3)cccc21. The lowest BCUT2D eigenvalue weighted by molar-refractivity contribution is 0.660. The van der Waals surface area contributed by atoms with Gasteiger partial charge in [-0.15, -0.1) is 0 Å². The highest BCUT2D eigenvalue weighted by Gasteiger charge is 2.37. The van der Waals surface area contributed by atoms with Gasteiger partial charge < -0.3 is 4.57 Å². The summed E-state index contributed by atoms with van der Waals surface area (Å²) in [6, 6.07) is 69.8. The fraction of sp³-hybridized carbons (Fsp3) is 0.0545. The summed E-state index contributed by atoms with van der Waals surface area (Å²) in [5.74, 6) is 1.53. The maximum atomic E-state index is 5.42. The Bertz CT molecular complexity index is 3460. The van der Waals surface area contributed by atoms with E-state index in [0.717, 1.165) is 39.4 Å². The van der Waals surface area contributed by atoms with Gasteiger partial charge >= 0.3 is 0 Å². The molecule has 0 radical (unpaired) electrons. The standard InChI is InChI=1S/C55H38N4/c1-55(2)43-27-12-9-23-39(43)51-40(26-16-28-44(51)55)45-34-50(57-54(56-45)36-19-7-4-8-20-36)59-47-30-14-11-25-42(47)53-49(59)32-31-48-52(53)41-24-10-13-29-46(41)58(48)38-22-15-21-37(33-38)35-17-5-3-6-18-35/h3-34H,1-2H3. The molecule has 4 nitrogen and oxygen atoms in total. The summed E-state index contributed by atoms with van der Waals surface area (Å²) in [6.07, 6.45) is 0. The number of para-hydroxylation sites is 2. The van der Waals surface area contributed by atoms with Crippen molar-refractivity contribution >= 4 is 43.6 Å². The average Bonchev–Trinajstić information content (AvgIpc) is 3.90. The Morgan fingerprint density at radius 2 is 0.966 bits per heavy atom. The van der Waals surface area contributed by atoms with Crippen molar-refractivity contribution in [2.75, 3.05) is 0 Å². The molecule has 0 saturated carbocycles. The fourth-order valence-corrected chi connectivity index (χ4v) is 9.87. The van der Waals surface area contributed by atoms with E-state index in [4.69, 9.17) is 9.97 Å². The lowest BCUT2D eigenvalue weighted by Gasteiger charge is -2.21. The first-order valence-corrected chi connectivity index (χ1v) is 20.3. The minimum Gasteiger partial charge on any atom is -0.309 e. The van der Waals surface area contributed by atoms with Gasteiger partial charge in [-0.2, -0.15) is 0 Å². The van der Waals surface area contributed by atoms with Crippen LogP contribution in [0.15, 0.2) is 194 Å². The molecule has 0 aliphatic heterocycles. The van der Waals surface area contributed by atoms with Gasteiger partial charge in [0.2, 0.25) is 0 Å². The van der Waals surface area contributed by atoms with Crippen LogP contribution in [0, 0.1) is 0 Å². The second-order valence-electron chi connectivity index (χ2n) is 16.2. The van der Waals surface area contributed by atoms with Crippen LogP contribution < -0.4 is 0 Å². The first-order valence-electron chi connectivity index (χ1n) is 20.3. The van der Waals surface area contributed by atoms with Gasteiger partial charge in [-0.1, -0.05) is 166 Å². The van der Waals surface area contributed by atoms with Crippen LogP contribution in [-0.4, -0.2) is 19.1 Å². The molecule has 8 aromatic carbocycles. The lowest BCUT2D eigenvalue weighted by Crippen LogP contribution is -2.14. The average molecular weight is 755 g/mol. The number of hydrogen-bond acceptors (Lipinski definition) is 2. The summed E-state index contributed by atoms with van der Waals surface area (Å²) in [5.41, 5.74) is 16.1. The quantitative estimate of drug-likeness (QED) is 0.175. The van der Waals surface area contributed by atoms with Crippen LogP contribution in [0.3, 0.4) is 0 Å². The third-order valence-electron chi connectivity index (χ3n) is 12.5. The molecule has 0 bridgehead atoms. The van der Waals surface area contributed by atoms with Crippen molar-refractivity contribution in [3.05, 3.63) is 205 Å². The van der Waals surface area contributed by atoms with Crippen molar-refractivity contribution in [1.29, 1.82) is 0 Å². The van der Waals surface area contributed by atoms with E-state index in [9.17, 15) is 0 Å². The summed E-state index contributed by atoms with van der Waals surface area (Å²) < 4.78 is 4.78. The van der Waals surface area contributed by atoms with Gasteiger partial charge in [-0.05, 0) is 69.8 Å². The predicted molar refractivity (Wildman–Crippen MR) is 245 cm³/mol. The minimum atomic E-state index is -0.125. The molecule has 0 atom stereocenters. The maximum Gasteiger partial charge on any atom is 0.162 e. The molecule has 0 unspecified atom stereocenters. The number of rotatable bonds is 5. The van der Waals surface area contributed by atoms with E-state index < -0.39 is 0 Å². The highest BCUT2D eigenvalue weighted by molar-refractivity contribution is 6.28. The second kappa shape index (κ2) is 12.7. The molecule has 278 valence electrons. The van der Waals surface area contributed by atoms with Crippen molar-refractivity contribution in [1.82, 2.24) is 19.1 Å². The first kappa shape index (κ1) is 33.6. The van der Waals surface area contributed by atoms with E-state index in [1.54, 1.807) is 0 Å². The molecule has 1 aliphatic rings. The van der Waals surface area contributed by atoms with Gasteiger partial charge in [-0.3, -0.25) is 4.57 Å². The number of nitrogens with zero attached hydrogens (tertiary/aromatic N) is 4. The van der Waals surface area contributed by atoms with Crippen LogP contribution in [0.25, 0.3) is 100 Å². The summed E-state index contributed by atoms with van der Waals surface area (Å²) in [6.45, 7) is 4.66. The zero-order valence-corrected chi connectivity index (χ0v) is 32.8. The zero-order valence-electron chi connectivity index (χ0n) is 32.8. The van der Waals surface area contributed by atoms with Gasteiger partial charge in [-0.25, -0.2) is 9.97 Å². The highest BCUT2D eigenvalue weighted by Crippen LogP contribution is 2.52. The van der Waals surface area contributed by atoms with Gasteiger partial charge in [0, 0.05) is 49.8 Å². The molecule has 0 spiro atoms. The number of hydrogen-bond donors (Lipinski definition) is 0. The minimum absolute atomic E-state index is 0.125. The van der Waals surface area contributed by atoms with E-state index in [1.165, 1.54) is 66.0 Å². The lowest BCUT2D eigenvalue weighted by atomic mass is 9.82. The molecule has 12 rings (SSSR count). The van der Waals surface area contributed by atoms with Crippen LogP contribution in [0.4, 0.5) is 0 Å². The van der Waals surface area contributed by atoms with Crippen molar-refractivity contribution in [3.8, 4) is 56.4 Å². The Kier molecular flexibility index (Phi) is 7.24. The highest BCUT2D eigenvalue weighted by atomic mass is 15.1. The normalized spacial score (nSPS) is 13.1. The topological polar surface area (TPSA) is 35.6 Å². The summed E-state index contributed by atoms with van der Waals surface area (Å²) >= 11 is 0. The molecule has 0 amide bonds. The van der Waals surface area contributed by atoms with Gasteiger partial charge in [0.05, 0.1) is 27.8 Å². The largest absolute Gasteiger partial charge is 0.309 e. The number of aromatic nitrogens is 4.